The standard InChI is InChI=1S/C10H15N3O3/c1-7-4-5-13(12-7)8(2)10(15)11-6-9(14)16-3/h4-5,8H,6H2,1-3H3,(H,11,15). The third kappa shape index (κ3) is 3.08. The molecule has 1 N–H and O–H groups in total. The highest BCUT2D eigenvalue weighted by molar-refractivity contribution is 5.84. The van der Waals surface area contributed by atoms with Crippen molar-refractivity contribution in [3.63, 3.8) is 0 Å². The summed E-state index contributed by atoms with van der Waals surface area (Å²) in [5.74, 6) is -0.745. The van der Waals surface area contributed by atoms with Crippen molar-refractivity contribution in [2.75, 3.05) is 13.7 Å². The zero-order valence-corrected chi connectivity index (χ0v) is 9.56. The van der Waals surface area contributed by atoms with E-state index < -0.39 is 12.0 Å². The molecule has 0 aromatic carbocycles. The Morgan fingerprint density at radius 1 is 1.62 bits per heavy atom. The average molecular weight is 225 g/mol. The third-order valence-electron chi connectivity index (χ3n) is 2.15. The molecule has 1 aromatic heterocycles. The normalized spacial score (nSPS) is 11.9. The van der Waals surface area contributed by atoms with E-state index in [1.165, 1.54) is 7.11 Å². The van der Waals surface area contributed by atoms with Gasteiger partial charge in [0.1, 0.15) is 12.6 Å². The first kappa shape index (κ1) is 12.2. The Bertz CT molecular complexity index is 386. The van der Waals surface area contributed by atoms with E-state index in [4.69, 9.17) is 0 Å². The fraction of sp³-hybridized carbons (Fsp3) is 0.500. The van der Waals surface area contributed by atoms with E-state index in [-0.39, 0.29) is 12.5 Å². The summed E-state index contributed by atoms with van der Waals surface area (Å²) in [6.07, 6.45) is 1.72. The Morgan fingerprint density at radius 2 is 2.31 bits per heavy atom. The largest absolute Gasteiger partial charge is 0.468 e. The van der Waals surface area contributed by atoms with Gasteiger partial charge in [0.25, 0.3) is 0 Å². The van der Waals surface area contributed by atoms with Crippen LogP contribution < -0.4 is 5.32 Å². The molecule has 6 nitrogen and oxygen atoms in total. The second-order valence-electron chi connectivity index (χ2n) is 3.41. The number of amides is 1. The molecule has 0 saturated carbocycles. The van der Waals surface area contributed by atoms with Gasteiger partial charge in [-0.1, -0.05) is 0 Å². The monoisotopic (exact) mass is 225 g/mol. The second-order valence-corrected chi connectivity index (χ2v) is 3.41. The van der Waals surface area contributed by atoms with E-state index in [9.17, 15) is 9.59 Å². The van der Waals surface area contributed by atoms with Crippen LogP contribution in [0.2, 0.25) is 0 Å². The highest BCUT2D eigenvalue weighted by Gasteiger charge is 2.16. The average Bonchev–Trinajstić information content (AvgIpc) is 2.71. The van der Waals surface area contributed by atoms with Crippen LogP contribution >= 0.6 is 0 Å². The topological polar surface area (TPSA) is 73.2 Å². The van der Waals surface area contributed by atoms with Crippen molar-refractivity contribution in [1.29, 1.82) is 0 Å². The van der Waals surface area contributed by atoms with Gasteiger partial charge in [-0.3, -0.25) is 14.3 Å². The number of methoxy groups -OCH3 is 1. The van der Waals surface area contributed by atoms with E-state index >= 15 is 0 Å². The summed E-state index contributed by atoms with van der Waals surface area (Å²) in [7, 11) is 1.27. The first-order valence-corrected chi connectivity index (χ1v) is 4.91. The molecule has 1 unspecified atom stereocenters. The molecule has 1 rings (SSSR count). The summed E-state index contributed by atoms with van der Waals surface area (Å²) in [6.45, 7) is 3.43. The summed E-state index contributed by atoms with van der Waals surface area (Å²) in [4.78, 5) is 22.4. The summed E-state index contributed by atoms with van der Waals surface area (Å²) in [5, 5.41) is 6.59. The van der Waals surface area contributed by atoms with Crippen LogP contribution in [0.3, 0.4) is 0 Å². The van der Waals surface area contributed by atoms with Crippen LogP contribution in [0.4, 0.5) is 0 Å². The molecule has 88 valence electrons. The minimum absolute atomic E-state index is 0.125. The molecular formula is C10H15N3O3. The lowest BCUT2D eigenvalue weighted by Gasteiger charge is -2.11. The second kappa shape index (κ2) is 5.29. The van der Waals surface area contributed by atoms with Gasteiger partial charge in [-0.05, 0) is 19.9 Å². The van der Waals surface area contributed by atoms with Crippen molar-refractivity contribution >= 4 is 11.9 Å². The van der Waals surface area contributed by atoms with Crippen LogP contribution in [0, 0.1) is 6.92 Å². The van der Waals surface area contributed by atoms with Crippen LogP contribution in [0.25, 0.3) is 0 Å². The Morgan fingerprint density at radius 3 is 2.81 bits per heavy atom. The highest BCUT2D eigenvalue weighted by atomic mass is 16.5. The van der Waals surface area contributed by atoms with Crippen LogP contribution in [0.5, 0.6) is 0 Å². The molecule has 1 heterocycles. The van der Waals surface area contributed by atoms with E-state index in [0.29, 0.717) is 0 Å². The molecule has 0 aliphatic carbocycles. The summed E-state index contributed by atoms with van der Waals surface area (Å²) in [6, 6.07) is 1.36. The maximum absolute atomic E-state index is 11.6. The number of rotatable bonds is 4. The van der Waals surface area contributed by atoms with Gasteiger partial charge in [0, 0.05) is 6.20 Å². The molecule has 0 bridgehead atoms. The first-order valence-electron chi connectivity index (χ1n) is 4.91. The number of carbonyl (C=O) groups is 2. The highest BCUT2D eigenvalue weighted by Crippen LogP contribution is 2.04. The summed E-state index contributed by atoms with van der Waals surface area (Å²) in [5.41, 5.74) is 0.840. The third-order valence-corrected chi connectivity index (χ3v) is 2.15. The minimum Gasteiger partial charge on any atom is -0.468 e. The minimum atomic E-state index is -0.475. The number of nitrogens with one attached hydrogen (secondary N) is 1. The lowest BCUT2D eigenvalue weighted by molar-refractivity contribution is -0.141. The van der Waals surface area contributed by atoms with Crippen molar-refractivity contribution in [2.45, 2.75) is 19.9 Å². The zero-order valence-electron chi connectivity index (χ0n) is 9.56. The molecule has 0 aliphatic heterocycles. The molecule has 1 amide bonds. The summed E-state index contributed by atoms with van der Waals surface area (Å²) >= 11 is 0. The van der Waals surface area contributed by atoms with E-state index in [1.54, 1.807) is 17.8 Å². The quantitative estimate of drug-likeness (QED) is 0.734. The van der Waals surface area contributed by atoms with Gasteiger partial charge >= 0.3 is 5.97 Å². The number of esters is 1. The lowest BCUT2D eigenvalue weighted by Crippen LogP contribution is -2.35. The van der Waals surface area contributed by atoms with Gasteiger partial charge in [0.05, 0.1) is 12.8 Å². The molecule has 0 aliphatic rings. The Kier molecular flexibility index (Phi) is 4.04. The molecule has 16 heavy (non-hydrogen) atoms. The number of hydrogen-bond acceptors (Lipinski definition) is 4. The Labute approximate surface area is 93.6 Å². The smallest absolute Gasteiger partial charge is 0.325 e. The fourth-order valence-electron chi connectivity index (χ4n) is 1.15. The number of aryl methyl sites for hydroxylation is 1. The number of nitrogens with zero attached hydrogens (tertiary/aromatic N) is 2. The zero-order chi connectivity index (χ0) is 12.1. The Balaban J connectivity index is 2.51. The van der Waals surface area contributed by atoms with Crippen LogP contribution in [-0.2, 0) is 14.3 Å². The van der Waals surface area contributed by atoms with Gasteiger partial charge in [0.2, 0.25) is 5.91 Å². The van der Waals surface area contributed by atoms with Gasteiger partial charge < -0.3 is 10.1 Å². The van der Waals surface area contributed by atoms with Gasteiger partial charge in [-0.2, -0.15) is 5.10 Å². The maximum atomic E-state index is 11.6. The van der Waals surface area contributed by atoms with Crippen molar-refractivity contribution in [3.8, 4) is 0 Å². The fourth-order valence-corrected chi connectivity index (χ4v) is 1.15. The van der Waals surface area contributed by atoms with E-state index in [0.717, 1.165) is 5.69 Å². The SMILES string of the molecule is COC(=O)CNC(=O)C(C)n1ccc(C)n1. The molecule has 0 fully saturated rings. The van der Waals surface area contributed by atoms with Crippen LogP contribution in [0.1, 0.15) is 18.7 Å². The molecule has 6 heteroatoms. The maximum Gasteiger partial charge on any atom is 0.325 e. The van der Waals surface area contributed by atoms with Crippen LogP contribution in [-0.4, -0.2) is 35.3 Å². The molecular weight excluding hydrogens is 210 g/mol. The van der Waals surface area contributed by atoms with Crippen molar-refractivity contribution < 1.29 is 14.3 Å². The number of hydrogen-bond donors (Lipinski definition) is 1. The van der Waals surface area contributed by atoms with E-state index in [1.807, 2.05) is 13.0 Å². The van der Waals surface area contributed by atoms with Crippen molar-refractivity contribution in [1.82, 2.24) is 15.1 Å². The predicted octanol–water partition coefficient (Wildman–Crippen LogP) is 0.0417. The Hall–Kier alpha value is -1.85. The molecule has 1 aromatic rings. The molecule has 1 atom stereocenters. The van der Waals surface area contributed by atoms with Crippen molar-refractivity contribution in [2.24, 2.45) is 0 Å². The van der Waals surface area contributed by atoms with Gasteiger partial charge in [-0.15, -0.1) is 0 Å². The first-order chi connectivity index (χ1) is 7.54. The summed E-state index contributed by atoms with van der Waals surface area (Å²) < 4.78 is 5.96. The lowest BCUT2D eigenvalue weighted by atomic mass is 10.3. The number of aromatic nitrogens is 2. The van der Waals surface area contributed by atoms with Gasteiger partial charge in [-0.25, -0.2) is 0 Å². The number of ether oxygens (including phenoxy) is 1. The molecule has 0 spiro atoms. The predicted molar refractivity (Wildman–Crippen MR) is 56.7 cm³/mol. The van der Waals surface area contributed by atoms with Crippen LogP contribution in [0.15, 0.2) is 12.3 Å². The molecule has 0 saturated heterocycles. The van der Waals surface area contributed by atoms with Crippen molar-refractivity contribution in [3.05, 3.63) is 18.0 Å². The van der Waals surface area contributed by atoms with E-state index in [2.05, 4.69) is 15.2 Å². The molecule has 0 radical (unpaired) electrons. The van der Waals surface area contributed by atoms with Gasteiger partial charge in [0.15, 0.2) is 0 Å². The number of carbonyl (C=O) groups excluding carboxylic acids is 2.